The Hall–Kier alpha value is -1.04. The average Bonchev–Trinajstić information content (AvgIpc) is 3.31. The summed E-state index contributed by atoms with van der Waals surface area (Å²) in [6, 6.07) is 0. The van der Waals surface area contributed by atoms with E-state index in [-0.39, 0.29) is 23.9 Å². The summed E-state index contributed by atoms with van der Waals surface area (Å²) in [6.45, 7) is 16.9. The zero-order chi connectivity index (χ0) is 29.9. The predicted octanol–water partition coefficient (Wildman–Crippen LogP) is 9.36. The first kappa shape index (κ1) is 36.0. The summed E-state index contributed by atoms with van der Waals surface area (Å²) in [5, 5.41) is 0. The van der Waals surface area contributed by atoms with Crippen LogP contribution in [0.4, 0.5) is 0 Å². The van der Waals surface area contributed by atoms with E-state index < -0.39 is 15.6 Å². The van der Waals surface area contributed by atoms with Crippen molar-refractivity contribution in [2.45, 2.75) is 107 Å². The molecule has 1 unspecified atom stereocenters. The lowest BCUT2D eigenvalue weighted by Gasteiger charge is -2.14. The molecule has 1 saturated carbocycles. The molecule has 0 aromatic heterocycles. The number of hydrogen-bond donors (Lipinski definition) is 3. The zero-order valence-corrected chi connectivity index (χ0v) is 27.1. The Morgan fingerprint density at radius 1 is 0.744 bits per heavy atom. The first-order valence-electron chi connectivity index (χ1n) is 13.9. The fourth-order valence-corrected chi connectivity index (χ4v) is 6.54. The molecule has 224 valence electrons. The average molecular weight is 587 g/mol. The van der Waals surface area contributed by atoms with Crippen LogP contribution in [0.3, 0.4) is 0 Å². The Bertz CT molecular complexity index is 1040. The molecule has 0 saturated heterocycles. The summed E-state index contributed by atoms with van der Waals surface area (Å²) in [5.74, 6) is 0.101. The van der Waals surface area contributed by atoms with Crippen molar-refractivity contribution < 1.29 is 32.6 Å². The molecule has 1 aliphatic rings. The van der Waals surface area contributed by atoms with E-state index in [1.807, 2.05) is 0 Å². The van der Waals surface area contributed by atoms with E-state index in [1.165, 1.54) is 27.9 Å². The van der Waals surface area contributed by atoms with Crippen molar-refractivity contribution in [3.63, 3.8) is 0 Å². The Labute approximate surface area is 237 Å². The third-order valence-electron chi connectivity index (χ3n) is 7.41. The van der Waals surface area contributed by atoms with Gasteiger partial charge in [0.25, 0.3) is 0 Å². The van der Waals surface area contributed by atoms with Gasteiger partial charge >= 0.3 is 15.6 Å². The molecule has 39 heavy (non-hydrogen) atoms. The maximum absolute atomic E-state index is 12.0. The maximum atomic E-state index is 12.0. The molecule has 0 aromatic carbocycles. The van der Waals surface area contributed by atoms with Gasteiger partial charge in [-0.15, -0.1) is 0 Å². The van der Waals surface area contributed by atoms with Crippen LogP contribution >= 0.6 is 15.6 Å². The molecule has 4 atom stereocenters. The highest BCUT2D eigenvalue weighted by molar-refractivity contribution is 7.60. The second-order valence-corrected chi connectivity index (χ2v) is 14.6. The molecular formula is C30H52O7P2. The number of phosphoric acid groups is 2. The second kappa shape index (κ2) is 16.4. The van der Waals surface area contributed by atoms with Crippen LogP contribution in [-0.4, -0.2) is 21.3 Å². The summed E-state index contributed by atoms with van der Waals surface area (Å²) < 4.78 is 32.1. The first-order chi connectivity index (χ1) is 17.9. The van der Waals surface area contributed by atoms with Crippen LogP contribution in [-0.2, 0) is 18.0 Å². The summed E-state index contributed by atoms with van der Waals surface area (Å²) >= 11 is 0. The van der Waals surface area contributed by atoms with E-state index in [0.29, 0.717) is 0 Å². The van der Waals surface area contributed by atoms with Gasteiger partial charge in [-0.05, 0) is 117 Å². The monoisotopic (exact) mass is 586 g/mol. The Kier molecular flexibility index (Phi) is 15.1. The molecule has 0 aliphatic heterocycles. The van der Waals surface area contributed by atoms with Crippen LogP contribution in [0.1, 0.15) is 107 Å². The summed E-state index contributed by atoms with van der Waals surface area (Å²) in [5.41, 5.74) is 6.50. The van der Waals surface area contributed by atoms with Crippen molar-refractivity contribution in [2.24, 2.45) is 17.3 Å². The van der Waals surface area contributed by atoms with Crippen LogP contribution < -0.4 is 0 Å². The lowest BCUT2D eigenvalue weighted by atomic mass is 9.95. The van der Waals surface area contributed by atoms with Crippen molar-refractivity contribution in [3.8, 4) is 0 Å². The molecule has 1 aliphatic carbocycles. The lowest BCUT2D eigenvalue weighted by Crippen LogP contribution is -2.04. The van der Waals surface area contributed by atoms with Gasteiger partial charge in [-0.1, -0.05) is 65.2 Å². The number of rotatable bonds is 18. The minimum absolute atomic E-state index is 0.0472. The smallest absolute Gasteiger partial charge is 0.302 e. The molecule has 0 spiro atoms. The fraction of sp³-hybridized carbons (Fsp3) is 0.667. The van der Waals surface area contributed by atoms with E-state index in [9.17, 15) is 14.0 Å². The second-order valence-electron chi connectivity index (χ2n) is 11.8. The third kappa shape index (κ3) is 15.5. The molecule has 1 fully saturated rings. The standard InChI is InChI=1S/C30H52O7P2/c1-23(2)13-9-15-25(5)17-11-18-27(7)21-28-29(22-36-39(34,35)37-38(31,32)33)30(28,8)20-12-19-26(6)16-10-14-24(3)4/h13-14,17,19,21,28-29H,9-12,15-16,18,20,22H2,1-8H3,(H,34,35)(H2,31,32,33)/b25-17+,26-19?,27-21+/t28-,29-,30-/m1/s1. The molecule has 0 radical (unpaired) electrons. The largest absolute Gasteiger partial charge is 0.481 e. The molecule has 7 nitrogen and oxygen atoms in total. The molecule has 0 aromatic rings. The number of phosphoric ester groups is 1. The summed E-state index contributed by atoms with van der Waals surface area (Å²) in [4.78, 5) is 27.6. The highest BCUT2D eigenvalue weighted by Gasteiger charge is 2.59. The molecule has 0 heterocycles. The highest BCUT2D eigenvalue weighted by Crippen LogP contribution is 2.65. The molecule has 0 bridgehead atoms. The quantitative estimate of drug-likeness (QED) is 0.108. The minimum Gasteiger partial charge on any atom is -0.302 e. The molecule has 3 N–H and O–H groups in total. The summed E-state index contributed by atoms with van der Waals surface area (Å²) in [7, 11) is -10.0. The number of allylic oxidation sites excluding steroid dienone is 10. The molecule has 9 heteroatoms. The van der Waals surface area contributed by atoms with E-state index >= 15 is 0 Å². The van der Waals surface area contributed by atoms with E-state index in [1.54, 1.807) is 0 Å². The van der Waals surface area contributed by atoms with E-state index in [4.69, 9.17) is 14.3 Å². The van der Waals surface area contributed by atoms with Gasteiger partial charge in [0.1, 0.15) is 0 Å². The van der Waals surface area contributed by atoms with Gasteiger partial charge in [0.2, 0.25) is 0 Å². The number of hydrogen-bond acceptors (Lipinski definition) is 4. The van der Waals surface area contributed by atoms with Crippen molar-refractivity contribution in [1.29, 1.82) is 0 Å². The van der Waals surface area contributed by atoms with Crippen LogP contribution in [0.15, 0.2) is 58.2 Å². The van der Waals surface area contributed by atoms with Crippen LogP contribution in [0.5, 0.6) is 0 Å². The van der Waals surface area contributed by atoms with Crippen molar-refractivity contribution in [1.82, 2.24) is 0 Å². The SMILES string of the molecule is CC(C)=CCCC(C)=CCC[C@]1(C)[C@H](/C=C(\C)CC/C=C(\C)CCC=C(C)C)[C@H]1COP(=O)(O)OP(=O)(O)O. The van der Waals surface area contributed by atoms with Crippen molar-refractivity contribution in [3.05, 3.63) is 58.2 Å². The fourth-order valence-electron chi connectivity index (χ4n) is 4.93. The maximum Gasteiger partial charge on any atom is 0.481 e. The van der Waals surface area contributed by atoms with Gasteiger partial charge in [-0.2, -0.15) is 4.31 Å². The van der Waals surface area contributed by atoms with Gasteiger partial charge in [0.15, 0.2) is 0 Å². The van der Waals surface area contributed by atoms with E-state index in [2.05, 4.69) is 90.1 Å². The Morgan fingerprint density at radius 2 is 1.21 bits per heavy atom. The van der Waals surface area contributed by atoms with Gasteiger partial charge in [0.05, 0.1) is 6.61 Å². The Balaban J connectivity index is 2.85. The minimum atomic E-state index is -5.15. The van der Waals surface area contributed by atoms with Gasteiger partial charge in [-0.3, -0.25) is 4.52 Å². The lowest BCUT2D eigenvalue weighted by molar-refractivity contribution is 0.166. The van der Waals surface area contributed by atoms with Crippen LogP contribution in [0.25, 0.3) is 0 Å². The van der Waals surface area contributed by atoms with Crippen LogP contribution in [0, 0.1) is 17.3 Å². The van der Waals surface area contributed by atoms with Crippen LogP contribution in [0.2, 0.25) is 0 Å². The topological polar surface area (TPSA) is 113 Å². The zero-order valence-electron chi connectivity index (χ0n) is 25.3. The van der Waals surface area contributed by atoms with E-state index in [0.717, 1.165) is 51.4 Å². The summed E-state index contributed by atoms with van der Waals surface area (Å²) in [6.07, 6.45) is 19.1. The highest BCUT2D eigenvalue weighted by atomic mass is 31.3. The molecular weight excluding hydrogens is 534 g/mol. The molecule has 1 rings (SSSR count). The van der Waals surface area contributed by atoms with Gasteiger partial charge < -0.3 is 14.7 Å². The van der Waals surface area contributed by atoms with Gasteiger partial charge in [0, 0.05) is 0 Å². The first-order valence-corrected chi connectivity index (χ1v) is 17.0. The van der Waals surface area contributed by atoms with Crippen molar-refractivity contribution >= 4 is 15.6 Å². The normalized spacial score (nSPS) is 23.8. The predicted molar refractivity (Wildman–Crippen MR) is 161 cm³/mol. The van der Waals surface area contributed by atoms with Gasteiger partial charge in [-0.25, -0.2) is 9.13 Å². The Morgan fingerprint density at radius 3 is 1.69 bits per heavy atom. The third-order valence-corrected chi connectivity index (χ3v) is 9.57. The van der Waals surface area contributed by atoms with Crippen molar-refractivity contribution in [2.75, 3.05) is 6.61 Å². The molecule has 0 amide bonds.